The molecule has 6 nitrogen and oxygen atoms in total. The zero-order valence-electron chi connectivity index (χ0n) is 11.7. The average molecular weight is 302 g/mol. The number of aliphatic hydroxyl groups excluding tert-OH is 1. The van der Waals surface area contributed by atoms with E-state index in [9.17, 15) is 19.8 Å². The minimum Gasteiger partial charge on any atom is -0.508 e. The van der Waals surface area contributed by atoms with E-state index in [2.05, 4.69) is 0 Å². The number of ether oxygens (including phenoxy) is 1. The van der Waals surface area contributed by atoms with E-state index in [1.165, 1.54) is 43.5 Å². The summed E-state index contributed by atoms with van der Waals surface area (Å²) >= 11 is 0. The maximum atomic E-state index is 12.2. The first-order valence-electron chi connectivity index (χ1n) is 6.36. The molecule has 0 saturated heterocycles. The lowest BCUT2D eigenvalue weighted by molar-refractivity contribution is 0.0816. The summed E-state index contributed by atoms with van der Waals surface area (Å²) < 4.78 is 4.89. The smallest absolute Gasteiger partial charge is 0.233 e. The first-order chi connectivity index (χ1) is 10.5. The number of phenols is 2. The van der Waals surface area contributed by atoms with Gasteiger partial charge in [-0.05, 0) is 36.4 Å². The van der Waals surface area contributed by atoms with Gasteiger partial charge in [-0.2, -0.15) is 0 Å². The fraction of sp³-hybridized carbons (Fsp3) is 0.125. The molecule has 0 aliphatic carbocycles. The summed E-state index contributed by atoms with van der Waals surface area (Å²) in [5.41, 5.74) is 0.277. The zero-order chi connectivity index (χ0) is 16.3. The SMILES string of the molecule is COc1cc(C(=O)C(=O)c2ccc(O)c(CO)c2)ccc1O. The Kier molecular flexibility index (Phi) is 4.43. The van der Waals surface area contributed by atoms with Gasteiger partial charge in [0.1, 0.15) is 5.75 Å². The first kappa shape index (κ1) is 15.5. The van der Waals surface area contributed by atoms with E-state index in [4.69, 9.17) is 9.84 Å². The van der Waals surface area contributed by atoms with Gasteiger partial charge >= 0.3 is 0 Å². The number of carbonyl (C=O) groups excluding carboxylic acids is 2. The Hall–Kier alpha value is -2.86. The van der Waals surface area contributed by atoms with E-state index in [0.717, 1.165) is 0 Å². The van der Waals surface area contributed by atoms with Crippen LogP contribution < -0.4 is 4.74 Å². The number of methoxy groups -OCH3 is 1. The molecule has 0 amide bonds. The Morgan fingerprint density at radius 1 is 0.955 bits per heavy atom. The summed E-state index contributed by atoms with van der Waals surface area (Å²) in [6, 6.07) is 7.63. The summed E-state index contributed by atoms with van der Waals surface area (Å²) in [4.78, 5) is 24.4. The second-order valence-corrected chi connectivity index (χ2v) is 4.55. The minimum atomic E-state index is -0.789. The van der Waals surface area contributed by atoms with Gasteiger partial charge in [0.05, 0.1) is 13.7 Å². The van der Waals surface area contributed by atoms with Gasteiger partial charge < -0.3 is 20.1 Å². The van der Waals surface area contributed by atoms with E-state index in [1.54, 1.807) is 0 Å². The number of ketones is 2. The number of aromatic hydroxyl groups is 2. The lowest BCUT2D eigenvalue weighted by Gasteiger charge is -2.07. The number of aliphatic hydroxyl groups is 1. The second-order valence-electron chi connectivity index (χ2n) is 4.55. The molecule has 0 fully saturated rings. The molecular weight excluding hydrogens is 288 g/mol. The first-order valence-corrected chi connectivity index (χ1v) is 6.36. The monoisotopic (exact) mass is 302 g/mol. The van der Waals surface area contributed by atoms with Gasteiger partial charge in [-0.15, -0.1) is 0 Å². The molecule has 3 N–H and O–H groups in total. The quantitative estimate of drug-likeness (QED) is 0.573. The molecule has 0 saturated carbocycles. The summed E-state index contributed by atoms with van der Waals surface area (Å²) in [7, 11) is 1.33. The van der Waals surface area contributed by atoms with Gasteiger partial charge in [0.15, 0.2) is 11.5 Å². The van der Waals surface area contributed by atoms with Crippen LogP contribution in [0, 0.1) is 0 Å². The highest BCUT2D eigenvalue weighted by Crippen LogP contribution is 2.27. The van der Waals surface area contributed by atoms with Crippen LogP contribution in [0.3, 0.4) is 0 Å². The molecule has 0 atom stereocenters. The van der Waals surface area contributed by atoms with Crippen molar-refractivity contribution < 1.29 is 29.6 Å². The Labute approximate surface area is 126 Å². The summed E-state index contributed by atoms with van der Waals surface area (Å²) in [5.74, 6) is -1.78. The molecule has 0 radical (unpaired) electrons. The Morgan fingerprint density at radius 3 is 2.05 bits per heavy atom. The lowest BCUT2D eigenvalue weighted by atomic mass is 9.99. The molecule has 0 heterocycles. The maximum absolute atomic E-state index is 12.2. The van der Waals surface area contributed by atoms with Crippen molar-refractivity contribution in [1.82, 2.24) is 0 Å². The van der Waals surface area contributed by atoms with Crippen LogP contribution in [-0.2, 0) is 6.61 Å². The number of benzene rings is 2. The van der Waals surface area contributed by atoms with Crippen LogP contribution in [0.25, 0.3) is 0 Å². The molecule has 0 spiro atoms. The van der Waals surface area contributed by atoms with Crippen LogP contribution in [0.2, 0.25) is 0 Å². The lowest BCUT2D eigenvalue weighted by Crippen LogP contribution is -2.14. The Bertz CT molecular complexity index is 672. The van der Waals surface area contributed by atoms with E-state index in [-0.39, 0.29) is 33.9 Å². The fourth-order valence-corrected chi connectivity index (χ4v) is 1.93. The van der Waals surface area contributed by atoms with Crippen molar-refractivity contribution in [2.75, 3.05) is 7.11 Å². The third kappa shape index (κ3) is 2.91. The number of hydrogen-bond acceptors (Lipinski definition) is 6. The second kappa shape index (κ2) is 6.28. The third-order valence-corrected chi connectivity index (χ3v) is 3.16. The molecule has 0 aliphatic rings. The van der Waals surface area contributed by atoms with Gasteiger partial charge in [-0.25, -0.2) is 0 Å². The summed E-state index contributed by atoms with van der Waals surface area (Å²) in [6.45, 7) is -0.450. The van der Waals surface area contributed by atoms with E-state index in [1.807, 2.05) is 0 Å². The normalized spacial score (nSPS) is 10.3. The summed E-state index contributed by atoms with van der Waals surface area (Å²) in [6.07, 6.45) is 0. The topological polar surface area (TPSA) is 104 Å². The standard InChI is InChI=1S/C16H14O6/c1-22-14-7-10(3-5-13(14)19)16(21)15(20)9-2-4-12(18)11(6-9)8-17/h2-7,17-19H,8H2,1H3. The van der Waals surface area contributed by atoms with Crippen LogP contribution in [0.5, 0.6) is 17.2 Å². The molecule has 2 aromatic rings. The highest BCUT2D eigenvalue weighted by Gasteiger charge is 2.20. The van der Waals surface area contributed by atoms with Crippen molar-refractivity contribution in [3.05, 3.63) is 53.1 Å². The molecule has 114 valence electrons. The average Bonchev–Trinajstić information content (AvgIpc) is 2.54. The highest BCUT2D eigenvalue weighted by atomic mass is 16.5. The number of phenolic OH excluding ortho intramolecular Hbond substituents is 1. The summed E-state index contributed by atoms with van der Waals surface area (Å²) in [5, 5.41) is 28.0. The van der Waals surface area contributed by atoms with Crippen LogP contribution in [0.4, 0.5) is 0 Å². The minimum absolute atomic E-state index is 0.0545. The van der Waals surface area contributed by atoms with Crippen molar-refractivity contribution >= 4 is 11.6 Å². The molecule has 0 bridgehead atoms. The molecule has 0 aliphatic heterocycles. The van der Waals surface area contributed by atoms with Gasteiger partial charge in [-0.1, -0.05) is 0 Å². The van der Waals surface area contributed by atoms with Gasteiger partial charge in [0, 0.05) is 16.7 Å². The predicted octanol–water partition coefficient (Wildman–Crippen LogP) is 1.66. The molecular formula is C16H14O6. The van der Waals surface area contributed by atoms with E-state index in [0.29, 0.717) is 0 Å². The molecule has 2 rings (SSSR count). The number of carbonyl (C=O) groups is 2. The Morgan fingerprint density at radius 2 is 1.50 bits per heavy atom. The predicted molar refractivity (Wildman–Crippen MR) is 77.3 cm³/mol. The molecule has 6 heteroatoms. The molecule has 0 unspecified atom stereocenters. The highest BCUT2D eigenvalue weighted by molar-refractivity contribution is 6.49. The van der Waals surface area contributed by atoms with Crippen molar-refractivity contribution in [1.29, 1.82) is 0 Å². The fourth-order valence-electron chi connectivity index (χ4n) is 1.93. The van der Waals surface area contributed by atoms with Crippen LogP contribution in [-0.4, -0.2) is 34.0 Å². The largest absolute Gasteiger partial charge is 0.508 e. The zero-order valence-corrected chi connectivity index (χ0v) is 11.7. The van der Waals surface area contributed by atoms with Crippen LogP contribution in [0.15, 0.2) is 36.4 Å². The molecule has 2 aromatic carbocycles. The van der Waals surface area contributed by atoms with Crippen molar-refractivity contribution in [3.63, 3.8) is 0 Å². The maximum Gasteiger partial charge on any atom is 0.233 e. The Balaban J connectivity index is 2.35. The van der Waals surface area contributed by atoms with Crippen molar-refractivity contribution in [3.8, 4) is 17.2 Å². The van der Waals surface area contributed by atoms with E-state index >= 15 is 0 Å². The van der Waals surface area contributed by atoms with Crippen LogP contribution in [0.1, 0.15) is 26.3 Å². The number of rotatable bonds is 5. The van der Waals surface area contributed by atoms with Gasteiger partial charge in [0.25, 0.3) is 0 Å². The molecule has 0 aromatic heterocycles. The van der Waals surface area contributed by atoms with Crippen molar-refractivity contribution in [2.24, 2.45) is 0 Å². The van der Waals surface area contributed by atoms with Gasteiger partial charge in [-0.3, -0.25) is 9.59 Å². The van der Waals surface area contributed by atoms with E-state index < -0.39 is 18.2 Å². The van der Waals surface area contributed by atoms with Gasteiger partial charge in [0.2, 0.25) is 11.6 Å². The number of hydrogen-bond donors (Lipinski definition) is 3. The number of Topliss-reactive ketones (excluding diaryl/α,β-unsaturated/α-hetero) is 2. The van der Waals surface area contributed by atoms with Crippen LogP contribution >= 0.6 is 0 Å². The third-order valence-electron chi connectivity index (χ3n) is 3.16. The van der Waals surface area contributed by atoms with Crippen molar-refractivity contribution in [2.45, 2.75) is 6.61 Å². The molecule has 22 heavy (non-hydrogen) atoms.